The molecule has 43 heavy (non-hydrogen) atoms. The molecule has 13 heteroatoms. The molecule has 3 heterocycles. The van der Waals surface area contributed by atoms with Gasteiger partial charge in [-0.2, -0.15) is 0 Å². The summed E-state index contributed by atoms with van der Waals surface area (Å²) in [5, 5.41) is 5.65. The predicted molar refractivity (Wildman–Crippen MR) is 150 cm³/mol. The molecule has 228 valence electrons. The monoisotopic (exact) mass is 599 g/mol. The number of likely N-dealkylation sites (tertiary alicyclic amines) is 1. The highest BCUT2D eigenvalue weighted by molar-refractivity contribution is 6.08. The lowest BCUT2D eigenvalue weighted by molar-refractivity contribution is -0.139. The van der Waals surface area contributed by atoms with Crippen LogP contribution >= 0.6 is 0 Å². The quantitative estimate of drug-likeness (QED) is 0.256. The summed E-state index contributed by atoms with van der Waals surface area (Å²) in [7, 11) is 1.11. The third kappa shape index (κ3) is 5.11. The van der Waals surface area contributed by atoms with Crippen LogP contribution in [0.25, 0.3) is 10.9 Å². The van der Waals surface area contributed by atoms with Crippen molar-refractivity contribution >= 4 is 40.3 Å². The number of ether oxygens (including phenoxy) is 1. The lowest BCUT2D eigenvalue weighted by Crippen LogP contribution is -2.53. The van der Waals surface area contributed by atoms with Crippen LogP contribution in [-0.4, -0.2) is 65.4 Å². The van der Waals surface area contributed by atoms with E-state index in [0.717, 1.165) is 17.7 Å². The van der Waals surface area contributed by atoms with Crippen molar-refractivity contribution < 1.29 is 37.1 Å². The van der Waals surface area contributed by atoms with Crippen LogP contribution < -0.4 is 16.4 Å². The molecule has 2 aliphatic heterocycles. The Hall–Kier alpha value is -4.39. The van der Waals surface area contributed by atoms with Crippen molar-refractivity contribution in [3.05, 3.63) is 65.1 Å². The van der Waals surface area contributed by atoms with Crippen LogP contribution in [0.5, 0.6) is 0 Å². The van der Waals surface area contributed by atoms with Crippen molar-refractivity contribution in [1.29, 1.82) is 0 Å². The number of fused-ring (bicyclic) bond motifs is 3. The Labute approximate surface area is 245 Å². The number of carbonyl (C=O) groups is 4. The largest absolute Gasteiger partial charge is 0.464 e. The Bertz CT molecular complexity index is 1640. The molecular formula is C30H32F3N5O5. The summed E-state index contributed by atoms with van der Waals surface area (Å²) in [5.74, 6) is -6.18. The van der Waals surface area contributed by atoms with E-state index in [2.05, 4.69) is 10.6 Å². The average molecular weight is 600 g/mol. The number of esters is 1. The summed E-state index contributed by atoms with van der Waals surface area (Å²) in [6.45, 7) is 3.55. The first-order valence-corrected chi connectivity index (χ1v) is 13.9. The van der Waals surface area contributed by atoms with Crippen LogP contribution in [0.15, 0.2) is 36.4 Å². The average Bonchev–Trinajstić information content (AvgIpc) is 3.63. The van der Waals surface area contributed by atoms with Gasteiger partial charge in [0.1, 0.15) is 17.6 Å². The second kappa shape index (κ2) is 11.4. The number of aromatic nitrogens is 1. The lowest BCUT2D eigenvalue weighted by atomic mass is 9.79. The number of methoxy groups -OCH3 is 1. The fourth-order valence-electron chi connectivity index (χ4n) is 6.26. The van der Waals surface area contributed by atoms with E-state index in [4.69, 9.17) is 10.5 Å². The maximum Gasteiger partial charge on any atom is 0.354 e. The van der Waals surface area contributed by atoms with Crippen molar-refractivity contribution in [3.63, 3.8) is 0 Å². The van der Waals surface area contributed by atoms with Gasteiger partial charge in [-0.3, -0.25) is 14.4 Å². The van der Waals surface area contributed by atoms with Gasteiger partial charge in [-0.25, -0.2) is 18.0 Å². The summed E-state index contributed by atoms with van der Waals surface area (Å²) in [6, 6.07) is 6.68. The van der Waals surface area contributed by atoms with Gasteiger partial charge in [-0.1, -0.05) is 32.0 Å². The molecule has 0 bridgehead atoms. The molecule has 0 saturated carbocycles. The number of anilines is 1. The smallest absolute Gasteiger partial charge is 0.354 e. The van der Waals surface area contributed by atoms with Gasteiger partial charge in [0.15, 0.2) is 11.6 Å². The molecule has 2 aromatic carbocycles. The van der Waals surface area contributed by atoms with Gasteiger partial charge < -0.3 is 30.6 Å². The Morgan fingerprint density at radius 2 is 1.88 bits per heavy atom. The van der Waals surface area contributed by atoms with Gasteiger partial charge >= 0.3 is 5.97 Å². The summed E-state index contributed by atoms with van der Waals surface area (Å²) >= 11 is 0. The highest BCUT2D eigenvalue weighted by Gasteiger charge is 2.57. The Morgan fingerprint density at radius 1 is 1.16 bits per heavy atom. The zero-order chi connectivity index (χ0) is 31.2. The standard InChI is InChI=1S/C30H32F3N5O5/c1-15(2)10-21(35-8-9-37-22(28(41)43-3)11-16-18(31)12-19(32)24(33)25(16)37)27(40)38-14-30(13-23(38)26(34)39)17-6-4-5-7-20(17)36-29(30)42/h4-7,11-12,15,21,23,35H,8-10,13-14H2,1-3H3,(H2,34,39)(H,36,42)/t21-,23-,30-/m0/s1. The van der Waals surface area contributed by atoms with E-state index >= 15 is 0 Å². The van der Waals surface area contributed by atoms with Gasteiger partial charge in [0.05, 0.1) is 24.1 Å². The first-order valence-electron chi connectivity index (χ1n) is 13.9. The zero-order valence-corrected chi connectivity index (χ0v) is 23.9. The number of nitrogens with two attached hydrogens (primary N) is 1. The highest BCUT2D eigenvalue weighted by atomic mass is 19.2. The van der Waals surface area contributed by atoms with E-state index < -0.39 is 58.3 Å². The fraction of sp³-hybridized carbons (Fsp3) is 0.400. The van der Waals surface area contributed by atoms with Gasteiger partial charge in [0, 0.05) is 36.8 Å². The number of hydrogen-bond donors (Lipinski definition) is 3. The van der Waals surface area contributed by atoms with Crippen LogP contribution in [0.1, 0.15) is 42.7 Å². The van der Waals surface area contributed by atoms with E-state index in [1.54, 1.807) is 24.3 Å². The van der Waals surface area contributed by atoms with Crippen molar-refractivity contribution in [3.8, 4) is 0 Å². The molecule has 10 nitrogen and oxygen atoms in total. The zero-order valence-electron chi connectivity index (χ0n) is 23.9. The van der Waals surface area contributed by atoms with Crippen LogP contribution in [-0.2, 0) is 31.1 Å². The second-order valence-corrected chi connectivity index (χ2v) is 11.4. The number of amides is 3. The van der Waals surface area contributed by atoms with Crippen molar-refractivity contribution in [2.24, 2.45) is 11.7 Å². The van der Waals surface area contributed by atoms with Crippen molar-refractivity contribution in [1.82, 2.24) is 14.8 Å². The number of nitrogens with one attached hydrogen (secondary N) is 2. The van der Waals surface area contributed by atoms with Crippen LogP contribution in [0.2, 0.25) is 0 Å². The molecule has 3 atom stereocenters. The lowest BCUT2D eigenvalue weighted by Gasteiger charge is -2.29. The second-order valence-electron chi connectivity index (χ2n) is 11.4. The number of benzene rings is 2. The number of hydrogen-bond acceptors (Lipinski definition) is 6. The first kappa shape index (κ1) is 30.1. The van der Waals surface area contributed by atoms with Crippen molar-refractivity contribution in [2.45, 2.75) is 50.7 Å². The van der Waals surface area contributed by atoms with Gasteiger partial charge in [-0.15, -0.1) is 0 Å². The molecule has 5 rings (SSSR count). The minimum Gasteiger partial charge on any atom is -0.464 e. The Morgan fingerprint density at radius 3 is 2.56 bits per heavy atom. The maximum atomic E-state index is 14.8. The molecule has 0 unspecified atom stereocenters. The third-order valence-corrected chi connectivity index (χ3v) is 8.25. The topological polar surface area (TPSA) is 136 Å². The summed E-state index contributed by atoms with van der Waals surface area (Å²) in [5.41, 5.74) is 5.24. The molecule has 1 spiro atoms. The molecule has 1 fully saturated rings. The Balaban J connectivity index is 1.42. The third-order valence-electron chi connectivity index (χ3n) is 8.25. The molecule has 2 aliphatic rings. The van der Waals surface area contributed by atoms with Crippen LogP contribution in [0.4, 0.5) is 18.9 Å². The number of halogens is 3. The summed E-state index contributed by atoms with van der Waals surface area (Å²) < 4.78 is 49.3. The van der Waals surface area contributed by atoms with Crippen LogP contribution in [0.3, 0.4) is 0 Å². The van der Waals surface area contributed by atoms with Gasteiger partial charge in [-0.05, 0) is 36.5 Å². The minimum absolute atomic E-state index is 0.0132. The fourth-order valence-corrected chi connectivity index (χ4v) is 6.26. The molecule has 3 aromatic rings. The van der Waals surface area contributed by atoms with E-state index in [-0.39, 0.29) is 49.0 Å². The number of para-hydroxylation sites is 1. The molecule has 0 radical (unpaired) electrons. The maximum absolute atomic E-state index is 14.8. The normalized spacial score (nSPS) is 20.1. The summed E-state index contributed by atoms with van der Waals surface area (Å²) in [6.07, 6.45) is 0.351. The highest BCUT2D eigenvalue weighted by Crippen LogP contribution is 2.46. The molecule has 1 aromatic heterocycles. The molecular weight excluding hydrogens is 567 g/mol. The van der Waals surface area contributed by atoms with E-state index in [0.29, 0.717) is 23.7 Å². The molecule has 0 aliphatic carbocycles. The SMILES string of the molecule is COC(=O)c1cc2c(F)cc(F)c(F)c2n1CCN[C@@H](CC(C)C)C(=O)N1C[C@]2(C[C@H]1C(N)=O)C(=O)Nc1ccccc12. The van der Waals surface area contributed by atoms with Gasteiger partial charge in [0.2, 0.25) is 17.7 Å². The van der Waals surface area contributed by atoms with Crippen LogP contribution in [0, 0.1) is 23.4 Å². The summed E-state index contributed by atoms with van der Waals surface area (Å²) in [4.78, 5) is 53.5. The van der Waals surface area contributed by atoms with Crippen molar-refractivity contribution in [2.75, 3.05) is 25.5 Å². The molecule has 3 amide bonds. The minimum atomic E-state index is -1.42. The van der Waals surface area contributed by atoms with E-state index in [1.807, 2.05) is 13.8 Å². The molecule has 1 saturated heterocycles. The Kier molecular flexibility index (Phi) is 7.95. The predicted octanol–water partition coefficient (Wildman–Crippen LogP) is 2.83. The number of rotatable bonds is 9. The molecule has 4 N–H and O–H groups in total. The van der Waals surface area contributed by atoms with Gasteiger partial charge in [0.25, 0.3) is 0 Å². The van der Waals surface area contributed by atoms with E-state index in [1.165, 1.54) is 4.90 Å². The van der Waals surface area contributed by atoms with E-state index in [9.17, 15) is 32.3 Å². The number of primary amides is 1. The number of nitrogens with zero attached hydrogens (tertiary/aromatic N) is 2. The first-order chi connectivity index (χ1) is 20.4. The number of carbonyl (C=O) groups excluding carboxylic acids is 4.